The molecule has 0 spiro atoms. The second-order valence-electron chi connectivity index (χ2n) is 6.02. The van der Waals surface area contributed by atoms with Crippen molar-refractivity contribution in [2.24, 2.45) is 0 Å². The van der Waals surface area contributed by atoms with Crippen LogP contribution in [-0.2, 0) is 0 Å². The van der Waals surface area contributed by atoms with Gasteiger partial charge >= 0.3 is 0 Å². The summed E-state index contributed by atoms with van der Waals surface area (Å²) in [7, 11) is 1.94. The summed E-state index contributed by atoms with van der Waals surface area (Å²) in [6.07, 6.45) is 3.94. The van der Waals surface area contributed by atoms with Gasteiger partial charge in [-0.3, -0.25) is 0 Å². The summed E-state index contributed by atoms with van der Waals surface area (Å²) in [5, 5.41) is 3.34. The van der Waals surface area contributed by atoms with Gasteiger partial charge in [-0.2, -0.15) is 0 Å². The molecule has 0 saturated heterocycles. The Labute approximate surface area is 126 Å². The van der Waals surface area contributed by atoms with E-state index in [1.165, 1.54) is 36.5 Å². The van der Waals surface area contributed by atoms with Gasteiger partial charge in [-0.15, -0.1) is 0 Å². The van der Waals surface area contributed by atoms with Crippen LogP contribution in [-0.4, -0.2) is 7.05 Å². The molecule has 2 heteroatoms. The smallest absolute Gasteiger partial charge is 0.123 e. The standard InChI is InChI=1S/C19H22FN/c1-13-9-10-17(20)12-18(13)19(21-2)16-8-4-7-15(11-16)14-5-3-6-14/h4,7-12,14,19,21H,3,5-6H2,1-2H3. The van der Waals surface area contributed by atoms with Crippen molar-refractivity contribution in [3.63, 3.8) is 0 Å². The van der Waals surface area contributed by atoms with Gasteiger partial charge in [0.1, 0.15) is 5.82 Å². The largest absolute Gasteiger partial charge is 0.309 e. The number of aryl methyl sites for hydroxylation is 1. The highest BCUT2D eigenvalue weighted by atomic mass is 19.1. The van der Waals surface area contributed by atoms with Crippen LogP contribution in [0.15, 0.2) is 42.5 Å². The molecule has 2 aromatic rings. The quantitative estimate of drug-likeness (QED) is 0.857. The molecular formula is C19H22FN. The van der Waals surface area contributed by atoms with Gasteiger partial charge in [0.2, 0.25) is 0 Å². The van der Waals surface area contributed by atoms with E-state index in [2.05, 4.69) is 29.6 Å². The Bertz CT molecular complexity index is 631. The summed E-state index contributed by atoms with van der Waals surface area (Å²) >= 11 is 0. The van der Waals surface area contributed by atoms with Crippen LogP contribution in [0.3, 0.4) is 0 Å². The van der Waals surface area contributed by atoms with Gasteiger partial charge in [0.25, 0.3) is 0 Å². The van der Waals surface area contributed by atoms with Gasteiger partial charge in [-0.1, -0.05) is 36.8 Å². The van der Waals surface area contributed by atoms with Crippen molar-refractivity contribution in [3.05, 3.63) is 70.5 Å². The number of benzene rings is 2. The van der Waals surface area contributed by atoms with Gasteiger partial charge in [-0.05, 0) is 67.1 Å². The lowest BCUT2D eigenvalue weighted by atomic mass is 9.79. The summed E-state index contributed by atoms with van der Waals surface area (Å²) < 4.78 is 13.6. The zero-order valence-corrected chi connectivity index (χ0v) is 12.7. The van der Waals surface area contributed by atoms with Crippen LogP contribution in [0.5, 0.6) is 0 Å². The summed E-state index contributed by atoms with van der Waals surface area (Å²) in [5.74, 6) is 0.544. The van der Waals surface area contributed by atoms with Crippen molar-refractivity contribution in [3.8, 4) is 0 Å². The molecule has 0 bridgehead atoms. The lowest BCUT2D eigenvalue weighted by Gasteiger charge is -2.27. The van der Waals surface area contributed by atoms with E-state index in [0.717, 1.165) is 17.0 Å². The fraction of sp³-hybridized carbons (Fsp3) is 0.368. The Hall–Kier alpha value is -1.67. The summed E-state index contributed by atoms with van der Waals surface area (Å²) in [5.41, 5.74) is 4.77. The van der Waals surface area contributed by atoms with E-state index < -0.39 is 0 Å². The third-order valence-corrected chi connectivity index (χ3v) is 4.66. The van der Waals surface area contributed by atoms with Crippen molar-refractivity contribution in [2.75, 3.05) is 7.05 Å². The summed E-state index contributed by atoms with van der Waals surface area (Å²) in [6.45, 7) is 2.04. The van der Waals surface area contributed by atoms with Crippen molar-refractivity contribution >= 4 is 0 Å². The number of nitrogens with one attached hydrogen (secondary N) is 1. The van der Waals surface area contributed by atoms with Crippen LogP contribution in [0, 0.1) is 12.7 Å². The molecule has 1 aliphatic rings. The first kappa shape index (κ1) is 14.3. The zero-order valence-electron chi connectivity index (χ0n) is 12.7. The minimum atomic E-state index is -0.175. The number of halogens is 1. The average molecular weight is 283 g/mol. The molecular weight excluding hydrogens is 261 g/mol. The molecule has 0 aromatic heterocycles. The minimum Gasteiger partial charge on any atom is -0.309 e. The van der Waals surface area contributed by atoms with E-state index in [1.807, 2.05) is 20.0 Å². The van der Waals surface area contributed by atoms with E-state index in [4.69, 9.17) is 0 Å². The molecule has 1 saturated carbocycles. The van der Waals surface area contributed by atoms with Crippen LogP contribution < -0.4 is 5.32 Å². The van der Waals surface area contributed by atoms with Crippen LogP contribution in [0.1, 0.15) is 53.5 Å². The van der Waals surface area contributed by atoms with Crippen LogP contribution in [0.25, 0.3) is 0 Å². The van der Waals surface area contributed by atoms with Gasteiger partial charge in [0, 0.05) is 0 Å². The maximum atomic E-state index is 13.6. The van der Waals surface area contributed by atoms with Crippen LogP contribution >= 0.6 is 0 Å². The van der Waals surface area contributed by atoms with Crippen molar-refractivity contribution in [2.45, 2.75) is 38.1 Å². The lowest BCUT2D eigenvalue weighted by Crippen LogP contribution is -2.19. The van der Waals surface area contributed by atoms with E-state index in [0.29, 0.717) is 0 Å². The maximum Gasteiger partial charge on any atom is 0.123 e. The molecule has 0 amide bonds. The third kappa shape index (κ3) is 2.86. The first-order chi connectivity index (χ1) is 10.2. The van der Waals surface area contributed by atoms with E-state index in [9.17, 15) is 4.39 Å². The molecule has 1 fully saturated rings. The lowest BCUT2D eigenvalue weighted by molar-refractivity contribution is 0.419. The minimum absolute atomic E-state index is 0.0423. The molecule has 110 valence electrons. The second-order valence-corrected chi connectivity index (χ2v) is 6.02. The van der Waals surface area contributed by atoms with Crippen LogP contribution in [0.4, 0.5) is 4.39 Å². The van der Waals surface area contributed by atoms with Gasteiger partial charge < -0.3 is 5.32 Å². The van der Waals surface area contributed by atoms with Crippen LogP contribution in [0.2, 0.25) is 0 Å². The van der Waals surface area contributed by atoms with Crippen molar-refractivity contribution in [1.82, 2.24) is 5.32 Å². The number of hydrogen-bond donors (Lipinski definition) is 1. The Morgan fingerprint density at radius 2 is 1.95 bits per heavy atom. The first-order valence-electron chi connectivity index (χ1n) is 7.72. The molecule has 1 aliphatic carbocycles. The second kappa shape index (κ2) is 5.98. The predicted octanol–water partition coefficient (Wildman–Crippen LogP) is 4.71. The summed E-state index contributed by atoms with van der Waals surface area (Å²) in [6, 6.07) is 13.8. The Morgan fingerprint density at radius 1 is 1.14 bits per heavy atom. The fourth-order valence-electron chi connectivity index (χ4n) is 3.16. The molecule has 1 nitrogen and oxygen atoms in total. The summed E-state index contributed by atoms with van der Waals surface area (Å²) in [4.78, 5) is 0. The van der Waals surface area contributed by atoms with E-state index in [1.54, 1.807) is 6.07 Å². The Kier molecular flexibility index (Phi) is 4.07. The monoisotopic (exact) mass is 283 g/mol. The number of rotatable bonds is 4. The van der Waals surface area contributed by atoms with Gasteiger partial charge in [0.15, 0.2) is 0 Å². The normalized spacial score (nSPS) is 16.5. The highest BCUT2D eigenvalue weighted by Crippen LogP contribution is 2.37. The molecule has 2 aromatic carbocycles. The SMILES string of the molecule is CNC(c1cccc(C2CCC2)c1)c1cc(F)ccc1C. The van der Waals surface area contributed by atoms with Gasteiger partial charge in [-0.25, -0.2) is 4.39 Å². The molecule has 1 unspecified atom stereocenters. The molecule has 1 atom stereocenters. The molecule has 3 rings (SSSR count). The Morgan fingerprint density at radius 3 is 2.62 bits per heavy atom. The topological polar surface area (TPSA) is 12.0 Å². The maximum absolute atomic E-state index is 13.6. The fourth-order valence-corrected chi connectivity index (χ4v) is 3.16. The van der Waals surface area contributed by atoms with E-state index >= 15 is 0 Å². The Balaban J connectivity index is 1.97. The molecule has 0 radical (unpaired) electrons. The molecule has 0 heterocycles. The number of hydrogen-bond acceptors (Lipinski definition) is 1. The van der Waals surface area contributed by atoms with E-state index in [-0.39, 0.29) is 11.9 Å². The molecule has 1 N–H and O–H groups in total. The molecule has 0 aliphatic heterocycles. The van der Waals surface area contributed by atoms with Crippen molar-refractivity contribution in [1.29, 1.82) is 0 Å². The predicted molar refractivity (Wildman–Crippen MR) is 85.1 cm³/mol. The average Bonchev–Trinajstić information content (AvgIpc) is 2.42. The molecule has 21 heavy (non-hydrogen) atoms. The highest BCUT2D eigenvalue weighted by molar-refractivity contribution is 5.39. The third-order valence-electron chi connectivity index (χ3n) is 4.66. The zero-order chi connectivity index (χ0) is 14.8. The first-order valence-corrected chi connectivity index (χ1v) is 7.72. The van der Waals surface area contributed by atoms with Gasteiger partial charge in [0.05, 0.1) is 6.04 Å². The highest BCUT2D eigenvalue weighted by Gasteiger charge is 2.21. The van der Waals surface area contributed by atoms with Crippen molar-refractivity contribution < 1.29 is 4.39 Å².